The summed E-state index contributed by atoms with van der Waals surface area (Å²) in [5.41, 5.74) is 4.69. The summed E-state index contributed by atoms with van der Waals surface area (Å²) >= 11 is 0. The SMILES string of the molecule is CC(C)CNc1ccc2c(c1)/C(=C1\COCCN1)C(=O)N2C(C)C. The molecule has 0 aliphatic carbocycles. The lowest BCUT2D eigenvalue weighted by Gasteiger charge is -2.22. The van der Waals surface area contributed by atoms with Gasteiger partial charge in [0.25, 0.3) is 5.91 Å². The minimum atomic E-state index is 0.0639. The first-order valence-electron chi connectivity index (χ1n) is 8.75. The summed E-state index contributed by atoms with van der Waals surface area (Å²) in [4.78, 5) is 14.9. The minimum Gasteiger partial charge on any atom is -0.385 e. The second-order valence-corrected chi connectivity index (χ2v) is 7.11. The van der Waals surface area contributed by atoms with Gasteiger partial charge < -0.3 is 20.3 Å². The highest BCUT2D eigenvalue weighted by Gasteiger charge is 2.36. The van der Waals surface area contributed by atoms with Crippen LogP contribution in [0.5, 0.6) is 0 Å². The number of benzene rings is 1. The molecule has 0 aromatic heterocycles. The Hall–Kier alpha value is -2.01. The van der Waals surface area contributed by atoms with Crippen molar-refractivity contribution in [2.24, 2.45) is 5.92 Å². The van der Waals surface area contributed by atoms with Gasteiger partial charge in [-0.05, 0) is 38.0 Å². The third-order valence-corrected chi connectivity index (χ3v) is 4.32. The number of nitrogens with zero attached hydrogens (tertiary/aromatic N) is 1. The van der Waals surface area contributed by atoms with Crippen LogP contribution in [0.4, 0.5) is 11.4 Å². The molecule has 5 nitrogen and oxygen atoms in total. The second kappa shape index (κ2) is 6.85. The highest BCUT2D eigenvalue weighted by Crippen LogP contribution is 2.41. The molecule has 1 aromatic rings. The van der Waals surface area contributed by atoms with E-state index < -0.39 is 0 Å². The number of morpholine rings is 1. The Balaban J connectivity index is 2.03. The van der Waals surface area contributed by atoms with E-state index in [0.29, 0.717) is 19.1 Å². The Morgan fingerprint density at radius 1 is 1.29 bits per heavy atom. The van der Waals surface area contributed by atoms with E-state index in [-0.39, 0.29) is 11.9 Å². The van der Waals surface area contributed by atoms with Crippen molar-refractivity contribution in [3.05, 3.63) is 29.5 Å². The van der Waals surface area contributed by atoms with Crippen LogP contribution in [0.2, 0.25) is 0 Å². The minimum absolute atomic E-state index is 0.0639. The average molecular weight is 329 g/mol. The zero-order chi connectivity index (χ0) is 17.3. The molecule has 2 heterocycles. The molecule has 0 atom stereocenters. The largest absolute Gasteiger partial charge is 0.385 e. The van der Waals surface area contributed by atoms with E-state index in [2.05, 4.69) is 36.6 Å². The van der Waals surface area contributed by atoms with Crippen LogP contribution in [0, 0.1) is 5.92 Å². The predicted molar refractivity (Wildman–Crippen MR) is 98.1 cm³/mol. The molecule has 0 unspecified atom stereocenters. The molecule has 3 rings (SSSR count). The Bertz CT molecular complexity index is 657. The molecule has 24 heavy (non-hydrogen) atoms. The molecule has 0 radical (unpaired) electrons. The van der Waals surface area contributed by atoms with Gasteiger partial charge in [-0.25, -0.2) is 0 Å². The molecule has 0 saturated carbocycles. The number of rotatable bonds is 4. The van der Waals surface area contributed by atoms with Crippen LogP contribution in [0.1, 0.15) is 33.3 Å². The Morgan fingerprint density at radius 3 is 2.71 bits per heavy atom. The molecule has 0 spiro atoms. The standard InChI is InChI=1S/C19H27N3O2/c1-12(2)10-21-14-5-6-17-15(9-14)18(16-11-24-8-7-20-16)19(23)22(17)13(3)4/h5-6,9,12-13,20-21H,7-8,10-11H2,1-4H3/b18-16-. The summed E-state index contributed by atoms with van der Waals surface area (Å²) in [6.45, 7) is 11.3. The number of carbonyl (C=O) groups excluding carboxylic acids is 1. The molecule has 2 N–H and O–H groups in total. The van der Waals surface area contributed by atoms with Crippen LogP contribution in [0.3, 0.4) is 0 Å². The van der Waals surface area contributed by atoms with Crippen molar-refractivity contribution in [2.45, 2.75) is 33.7 Å². The lowest BCUT2D eigenvalue weighted by molar-refractivity contribution is -0.113. The van der Waals surface area contributed by atoms with Crippen LogP contribution in [0.25, 0.3) is 5.57 Å². The van der Waals surface area contributed by atoms with Crippen molar-refractivity contribution in [2.75, 3.05) is 36.5 Å². The fourth-order valence-corrected chi connectivity index (χ4v) is 3.19. The maximum atomic E-state index is 13.0. The molecular formula is C19H27N3O2. The summed E-state index contributed by atoms with van der Waals surface area (Å²) in [6.07, 6.45) is 0. The third-order valence-electron chi connectivity index (χ3n) is 4.32. The van der Waals surface area contributed by atoms with Gasteiger partial charge in [-0.15, -0.1) is 0 Å². The van der Waals surface area contributed by atoms with Gasteiger partial charge in [0, 0.05) is 30.4 Å². The van der Waals surface area contributed by atoms with E-state index in [1.165, 1.54) is 0 Å². The summed E-state index contributed by atoms with van der Waals surface area (Å²) in [5, 5.41) is 6.80. The lowest BCUT2D eigenvalue weighted by Crippen LogP contribution is -2.35. The van der Waals surface area contributed by atoms with Gasteiger partial charge >= 0.3 is 0 Å². The molecule has 5 heteroatoms. The van der Waals surface area contributed by atoms with Gasteiger partial charge in [-0.2, -0.15) is 0 Å². The summed E-state index contributed by atoms with van der Waals surface area (Å²) in [5.74, 6) is 0.632. The highest BCUT2D eigenvalue weighted by molar-refractivity contribution is 6.33. The molecule has 1 amide bonds. The van der Waals surface area contributed by atoms with Crippen molar-refractivity contribution in [1.82, 2.24) is 5.32 Å². The molecule has 1 saturated heterocycles. The summed E-state index contributed by atoms with van der Waals surface area (Å²) in [6, 6.07) is 6.32. The topological polar surface area (TPSA) is 53.6 Å². The van der Waals surface area contributed by atoms with Gasteiger partial charge in [0.15, 0.2) is 0 Å². The van der Waals surface area contributed by atoms with Crippen LogP contribution in [-0.2, 0) is 9.53 Å². The molecule has 2 aliphatic heterocycles. The first-order valence-corrected chi connectivity index (χ1v) is 8.75. The zero-order valence-corrected chi connectivity index (χ0v) is 15.0. The number of ether oxygens (including phenoxy) is 1. The molecule has 130 valence electrons. The number of hydrogen-bond acceptors (Lipinski definition) is 4. The highest BCUT2D eigenvalue weighted by atomic mass is 16.5. The predicted octanol–water partition coefficient (Wildman–Crippen LogP) is 2.84. The molecule has 0 bridgehead atoms. The smallest absolute Gasteiger partial charge is 0.261 e. The average Bonchev–Trinajstić information content (AvgIpc) is 2.85. The second-order valence-electron chi connectivity index (χ2n) is 7.11. The normalized spacial score (nSPS) is 20.6. The molecular weight excluding hydrogens is 302 g/mol. The van der Waals surface area contributed by atoms with Gasteiger partial charge in [-0.3, -0.25) is 4.79 Å². The maximum Gasteiger partial charge on any atom is 0.261 e. The number of hydrogen-bond donors (Lipinski definition) is 2. The quantitative estimate of drug-likeness (QED) is 0.834. The summed E-state index contributed by atoms with van der Waals surface area (Å²) in [7, 11) is 0. The fourth-order valence-electron chi connectivity index (χ4n) is 3.19. The fraction of sp³-hybridized carbons (Fsp3) is 0.526. The van der Waals surface area contributed by atoms with E-state index in [1.807, 2.05) is 24.8 Å². The molecule has 1 aromatic carbocycles. The maximum absolute atomic E-state index is 13.0. The molecule has 1 fully saturated rings. The van der Waals surface area contributed by atoms with Gasteiger partial charge in [0.1, 0.15) is 0 Å². The Kier molecular flexibility index (Phi) is 4.81. The number of anilines is 2. The monoisotopic (exact) mass is 329 g/mol. The van der Waals surface area contributed by atoms with Crippen molar-refractivity contribution >= 4 is 22.9 Å². The number of fused-ring (bicyclic) bond motifs is 1. The van der Waals surface area contributed by atoms with Crippen LogP contribution >= 0.6 is 0 Å². The Morgan fingerprint density at radius 2 is 2.08 bits per heavy atom. The van der Waals surface area contributed by atoms with Crippen LogP contribution in [-0.4, -0.2) is 38.3 Å². The third kappa shape index (κ3) is 3.13. The van der Waals surface area contributed by atoms with Gasteiger partial charge in [0.2, 0.25) is 0 Å². The van der Waals surface area contributed by atoms with Crippen molar-refractivity contribution in [3.8, 4) is 0 Å². The van der Waals surface area contributed by atoms with Gasteiger partial charge in [0.05, 0.1) is 30.2 Å². The number of carbonyl (C=O) groups is 1. The van der Waals surface area contributed by atoms with Crippen molar-refractivity contribution in [3.63, 3.8) is 0 Å². The van der Waals surface area contributed by atoms with Crippen molar-refractivity contribution in [1.29, 1.82) is 0 Å². The van der Waals surface area contributed by atoms with E-state index >= 15 is 0 Å². The summed E-state index contributed by atoms with van der Waals surface area (Å²) < 4.78 is 5.56. The van der Waals surface area contributed by atoms with Crippen molar-refractivity contribution < 1.29 is 9.53 Å². The lowest BCUT2D eigenvalue weighted by atomic mass is 10.0. The Labute approximate surface area is 144 Å². The van der Waals surface area contributed by atoms with Gasteiger partial charge in [-0.1, -0.05) is 13.8 Å². The van der Waals surface area contributed by atoms with E-state index in [0.717, 1.165) is 41.3 Å². The molecule has 2 aliphatic rings. The number of amides is 1. The first kappa shape index (κ1) is 16.8. The van der Waals surface area contributed by atoms with E-state index in [4.69, 9.17) is 4.74 Å². The zero-order valence-electron chi connectivity index (χ0n) is 15.0. The van der Waals surface area contributed by atoms with Crippen LogP contribution in [0.15, 0.2) is 23.9 Å². The van der Waals surface area contributed by atoms with E-state index in [1.54, 1.807) is 0 Å². The number of nitrogens with one attached hydrogen (secondary N) is 2. The van der Waals surface area contributed by atoms with Crippen LogP contribution < -0.4 is 15.5 Å². The first-order chi connectivity index (χ1) is 11.5. The van der Waals surface area contributed by atoms with E-state index in [9.17, 15) is 4.79 Å².